The predicted octanol–water partition coefficient (Wildman–Crippen LogP) is 1.93. The molecule has 104 valence electrons. The molecular formula is C14H18O4S. The number of Topliss-reactive ketones (excluding diaryl/α,β-unsaturated/α-hetero) is 1. The Labute approximate surface area is 115 Å². The molecule has 0 radical (unpaired) electrons. The van der Waals surface area contributed by atoms with Gasteiger partial charge in [-0.3, -0.25) is 13.8 Å². The number of hydrogen-bond donors (Lipinski definition) is 0. The largest absolute Gasteiger partial charge is 0.466 e. The Bertz CT molecular complexity index is 508. The maximum absolute atomic E-state index is 12.1. The molecular weight excluding hydrogens is 264 g/mol. The van der Waals surface area contributed by atoms with Gasteiger partial charge in [0.1, 0.15) is 6.42 Å². The molecule has 1 atom stereocenters. The minimum absolute atomic E-state index is 0.150. The van der Waals surface area contributed by atoms with Gasteiger partial charge in [-0.15, -0.1) is 0 Å². The molecule has 1 rings (SSSR count). The van der Waals surface area contributed by atoms with Crippen molar-refractivity contribution in [3.63, 3.8) is 0 Å². The zero-order valence-electron chi connectivity index (χ0n) is 11.4. The third kappa shape index (κ3) is 4.95. The van der Waals surface area contributed by atoms with E-state index in [9.17, 15) is 13.8 Å². The number of benzene rings is 1. The maximum Gasteiger partial charge on any atom is 0.313 e. The van der Waals surface area contributed by atoms with Crippen LogP contribution in [0.15, 0.2) is 23.1 Å². The van der Waals surface area contributed by atoms with E-state index in [1.807, 2.05) is 32.0 Å². The van der Waals surface area contributed by atoms with E-state index in [-0.39, 0.29) is 24.6 Å². The second-order valence-corrected chi connectivity index (χ2v) is 5.70. The van der Waals surface area contributed by atoms with Crippen LogP contribution < -0.4 is 0 Å². The third-order valence-electron chi connectivity index (χ3n) is 2.53. The molecule has 0 heterocycles. The molecule has 4 nitrogen and oxygen atoms in total. The second-order valence-electron chi connectivity index (χ2n) is 4.28. The van der Waals surface area contributed by atoms with Gasteiger partial charge in [-0.2, -0.15) is 0 Å². The van der Waals surface area contributed by atoms with Gasteiger partial charge >= 0.3 is 5.97 Å². The highest BCUT2D eigenvalue weighted by atomic mass is 32.2. The van der Waals surface area contributed by atoms with Crippen molar-refractivity contribution >= 4 is 22.6 Å². The molecule has 0 saturated heterocycles. The van der Waals surface area contributed by atoms with Crippen LogP contribution in [0.4, 0.5) is 0 Å². The van der Waals surface area contributed by atoms with E-state index < -0.39 is 16.8 Å². The number of ether oxygens (including phenoxy) is 1. The lowest BCUT2D eigenvalue weighted by Crippen LogP contribution is -2.17. The van der Waals surface area contributed by atoms with Crippen molar-refractivity contribution in [2.24, 2.45) is 0 Å². The van der Waals surface area contributed by atoms with Crippen molar-refractivity contribution in [2.75, 3.05) is 12.4 Å². The van der Waals surface area contributed by atoms with Crippen molar-refractivity contribution in [3.8, 4) is 0 Å². The summed E-state index contributed by atoms with van der Waals surface area (Å²) in [7, 11) is -1.41. The number of aryl methyl sites for hydroxylation is 2. The summed E-state index contributed by atoms with van der Waals surface area (Å²) in [5, 5.41) is 0. The van der Waals surface area contributed by atoms with Crippen molar-refractivity contribution in [2.45, 2.75) is 32.1 Å². The molecule has 0 aliphatic rings. The van der Waals surface area contributed by atoms with Crippen LogP contribution in [0.2, 0.25) is 0 Å². The highest BCUT2D eigenvalue weighted by Gasteiger charge is 2.16. The first kappa shape index (κ1) is 15.6. The van der Waals surface area contributed by atoms with Gasteiger partial charge in [0.15, 0.2) is 5.78 Å². The van der Waals surface area contributed by atoms with E-state index in [0.717, 1.165) is 11.1 Å². The van der Waals surface area contributed by atoms with Gasteiger partial charge in [0.25, 0.3) is 0 Å². The zero-order valence-corrected chi connectivity index (χ0v) is 12.2. The summed E-state index contributed by atoms with van der Waals surface area (Å²) >= 11 is 0. The minimum atomic E-state index is -1.41. The summed E-state index contributed by atoms with van der Waals surface area (Å²) in [6.45, 7) is 5.67. The van der Waals surface area contributed by atoms with Crippen molar-refractivity contribution in [3.05, 3.63) is 29.3 Å². The average molecular weight is 282 g/mol. The number of hydrogen-bond acceptors (Lipinski definition) is 4. The SMILES string of the molecule is CCOC(=O)CC(=O)CS(=O)c1cc(C)ccc1C. The number of esters is 1. The van der Waals surface area contributed by atoms with Gasteiger partial charge in [-0.05, 0) is 38.0 Å². The van der Waals surface area contributed by atoms with Gasteiger partial charge in [0.2, 0.25) is 0 Å². The first-order valence-corrected chi connectivity index (χ1v) is 7.39. The number of carbonyl (C=O) groups is 2. The molecule has 0 aromatic heterocycles. The molecule has 19 heavy (non-hydrogen) atoms. The molecule has 1 aromatic carbocycles. The van der Waals surface area contributed by atoms with Crippen LogP contribution in [-0.2, 0) is 25.1 Å². The summed E-state index contributed by atoms with van der Waals surface area (Å²) in [5.74, 6) is -1.08. The summed E-state index contributed by atoms with van der Waals surface area (Å²) in [4.78, 5) is 23.4. The van der Waals surface area contributed by atoms with E-state index in [2.05, 4.69) is 4.74 Å². The minimum Gasteiger partial charge on any atom is -0.466 e. The Hall–Kier alpha value is -1.49. The Morgan fingerprint density at radius 1 is 1.26 bits per heavy atom. The molecule has 0 saturated carbocycles. The second kappa shape index (κ2) is 7.19. The molecule has 0 amide bonds. The van der Waals surface area contributed by atoms with Crippen LogP contribution in [0.3, 0.4) is 0 Å². The van der Waals surface area contributed by atoms with Gasteiger partial charge in [0, 0.05) is 4.90 Å². The van der Waals surface area contributed by atoms with Crippen molar-refractivity contribution < 1.29 is 18.5 Å². The third-order valence-corrected chi connectivity index (χ3v) is 4.04. The molecule has 0 N–H and O–H groups in total. The Kier molecular flexibility index (Phi) is 5.89. The van der Waals surface area contributed by atoms with Gasteiger partial charge in [-0.1, -0.05) is 12.1 Å². The smallest absolute Gasteiger partial charge is 0.313 e. The normalized spacial score (nSPS) is 11.9. The first-order chi connectivity index (χ1) is 8.93. The lowest BCUT2D eigenvalue weighted by Gasteiger charge is -2.06. The van der Waals surface area contributed by atoms with Gasteiger partial charge < -0.3 is 4.74 Å². The van der Waals surface area contributed by atoms with E-state index >= 15 is 0 Å². The topological polar surface area (TPSA) is 60.4 Å². The number of rotatable bonds is 6. The molecule has 0 bridgehead atoms. The zero-order chi connectivity index (χ0) is 14.4. The fourth-order valence-electron chi connectivity index (χ4n) is 1.60. The molecule has 5 heteroatoms. The number of ketones is 1. The van der Waals surface area contributed by atoms with E-state index in [1.165, 1.54) is 0 Å². The summed E-state index contributed by atoms with van der Waals surface area (Å²) in [6, 6.07) is 5.61. The fourth-order valence-corrected chi connectivity index (χ4v) is 2.90. The molecule has 0 aliphatic heterocycles. The van der Waals surface area contributed by atoms with Crippen LogP contribution in [0, 0.1) is 13.8 Å². The van der Waals surface area contributed by atoms with Crippen LogP contribution in [0.5, 0.6) is 0 Å². The number of carbonyl (C=O) groups excluding carboxylic acids is 2. The maximum atomic E-state index is 12.1. The van der Waals surface area contributed by atoms with Crippen LogP contribution in [0.25, 0.3) is 0 Å². The Balaban J connectivity index is 2.67. The molecule has 1 aromatic rings. The fraction of sp³-hybridized carbons (Fsp3) is 0.429. The van der Waals surface area contributed by atoms with Crippen LogP contribution >= 0.6 is 0 Å². The van der Waals surface area contributed by atoms with E-state index in [0.29, 0.717) is 4.90 Å². The molecule has 0 aliphatic carbocycles. The highest BCUT2D eigenvalue weighted by Crippen LogP contribution is 2.15. The van der Waals surface area contributed by atoms with Gasteiger partial charge in [-0.25, -0.2) is 0 Å². The highest BCUT2D eigenvalue weighted by molar-refractivity contribution is 7.85. The van der Waals surface area contributed by atoms with E-state index in [1.54, 1.807) is 6.92 Å². The summed E-state index contributed by atoms with van der Waals surface area (Å²) in [5.41, 5.74) is 1.87. The average Bonchev–Trinajstić information content (AvgIpc) is 2.32. The Morgan fingerprint density at radius 3 is 2.58 bits per heavy atom. The molecule has 1 unspecified atom stereocenters. The first-order valence-electron chi connectivity index (χ1n) is 6.07. The predicted molar refractivity (Wildman–Crippen MR) is 73.4 cm³/mol. The van der Waals surface area contributed by atoms with Crippen molar-refractivity contribution in [1.82, 2.24) is 0 Å². The van der Waals surface area contributed by atoms with E-state index in [4.69, 9.17) is 0 Å². The Morgan fingerprint density at radius 2 is 1.95 bits per heavy atom. The van der Waals surface area contributed by atoms with Crippen LogP contribution in [-0.4, -0.2) is 28.3 Å². The molecule has 0 fully saturated rings. The summed E-state index contributed by atoms with van der Waals surface area (Å²) in [6.07, 6.45) is -0.315. The lowest BCUT2D eigenvalue weighted by molar-refractivity contribution is -0.145. The quantitative estimate of drug-likeness (QED) is 0.591. The monoisotopic (exact) mass is 282 g/mol. The van der Waals surface area contributed by atoms with Crippen LogP contribution in [0.1, 0.15) is 24.5 Å². The summed E-state index contributed by atoms with van der Waals surface area (Å²) < 4.78 is 16.8. The van der Waals surface area contributed by atoms with Gasteiger partial charge in [0.05, 0.1) is 23.2 Å². The lowest BCUT2D eigenvalue weighted by atomic mass is 10.2. The molecule has 0 spiro atoms. The standard InChI is InChI=1S/C14H18O4S/c1-4-18-14(16)8-12(15)9-19(17)13-7-10(2)5-6-11(13)3/h5-7H,4,8-9H2,1-3H3. The van der Waals surface area contributed by atoms with Crippen molar-refractivity contribution in [1.29, 1.82) is 0 Å².